The van der Waals surface area contributed by atoms with E-state index in [1.165, 1.54) is 0 Å². The van der Waals surface area contributed by atoms with Gasteiger partial charge in [-0.25, -0.2) is 0 Å². The van der Waals surface area contributed by atoms with Crippen LogP contribution in [0.1, 0.15) is 37.0 Å². The Morgan fingerprint density at radius 1 is 1.40 bits per heavy atom. The molecular formula is C14H22ClN3OS. The van der Waals surface area contributed by atoms with Crippen LogP contribution in [0.2, 0.25) is 5.02 Å². The number of amides is 1. The van der Waals surface area contributed by atoms with Crippen LogP contribution in [0, 0.1) is 0 Å². The first-order valence-electron chi connectivity index (χ1n) is 6.61. The van der Waals surface area contributed by atoms with E-state index in [0.717, 1.165) is 12.8 Å². The Hall–Kier alpha value is -0.910. The quantitative estimate of drug-likeness (QED) is 0.533. The molecule has 0 aliphatic rings. The zero-order valence-electron chi connectivity index (χ0n) is 12.1. The van der Waals surface area contributed by atoms with Crippen LogP contribution in [0.15, 0.2) is 18.2 Å². The first kappa shape index (κ1) is 17.1. The van der Waals surface area contributed by atoms with Crippen molar-refractivity contribution < 1.29 is 4.79 Å². The van der Waals surface area contributed by atoms with Crippen LogP contribution < -0.4 is 16.6 Å². The molecule has 0 atom stereocenters. The minimum Gasteiger partial charge on any atom is -0.351 e. The summed E-state index contributed by atoms with van der Waals surface area (Å²) in [7, 11) is 0. The second-order valence-electron chi connectivity index (χ2n) is 4.61. The third-order valence-corrected chi connectivity index (χ3v) is 5.50. The van der Waals surface area contributed by atoms with Crippen LogP contribution in [0.25, 0.3) is 0 Å². The minimum absolute atomic E-state index is 0.0739. The van der Waals surface area contributed by atoms with Crippen molar-refractivity contribution in [3.05, 3.63) is 28.8 Å². The summed E-state index contributed by atoms with van der Waals surface area (Å²) in [6.07, 6.45) is 4.08. The van der Waals surface area contributed by atoms with Crippen molar-refractivity contribution in [1.82, 2.24) is 5.32 Å². The van der Waals surface area contributed by atoms with Crippen molar-refractivity contribution in [3.63, 3.8) is 0 Å². The number of carbonyl (C=O) groups is 1. The van der Waals surface area contributed by atoms with E-state index in [-0.39, 0.29) is 10.7 Å². The van der Waals surface area contributed by atoms with Gasteiger partial charge in [-0.3, -0.25) is 10.6 Å². The first-order valence-corrected chi connectivity index (χ1v) is 8.21. The molecule has 112 valence electrons. The van der Waals surface area contributed by atoms with Crippen LogP contribution in [0.3, 0.4) is 0 Å². The Bertz CT molecular complexity index is 455. The fourth-order valence-corrected chi connectivity index (χ4v) is 2.99. The maximum atomic E-state index is 12.3. The standard InChI is InChI=1S/C14H22ClN3OS/c1-4-14(5-2,20-3)9-17-13(19)11-8-10(15)6-7-12(11)18-16/h6-8,18H,4-5,9,16H2,1-3H3,(H,17,19). The van der Waals surface area contributed by atoms with Crippen molar-refractivity contribution in [2.75, 3.05) is 18.2 Å². The molecule has 0 aliphatic carbocycles. The van der Waals surface area contributed by atoms with Gasteiger partial charge in [0.05, 0.1) is 11.3 Å². The summed E-state index contributed by atoms with van der Waals surface area (Å²) >= 11 is 7.72. The largest absolute Gasteiger partial charge is 0.351 e. The van der Waals surface area contributed by atoms with Crippen molar-refractivity contribution >= 4 is 35.0 Å². The number of rotatable bonds is 7. The average Bonchev–Trinajstić information content (AvgIpc) is 2.49. The Balaban J connectivity index is 2.84. The number of halogens is 1. The number of nitrogen functional groups attached to an aromatic ring is 1. The monoisotopic (exact) mass is 315 g/mol. The lowest BCUT2D eigenvalue weighted by molar-refractivity contribution is 0.0949. The zero-order valence-corrected chi connectivity index (χ0v) is 13.7. The predicted molar refractivity (Wildman–Crippen MR) is 88.4 cm³/mol. The second kappa shape index (κ2) is 7.76. The number of hydrazine groups is 1. The first-order chi connectivity index (χ1) is 9.51. The average molecular weight is 316 g/mol. The van der Waals surface area contributed by atoms with Crippen molar-refractivity contribution in [2.45, 2.75) is 31.4 Å². The second-order valence-corrected chi connectivity index (χ2v) is 6.32. The number of anilines is 1. The van der Waals surface area contributed by atoms with E-state index in [2.05, 4.69) is 30.8 Å². The van der Waals surface area contributed by atoms with Gasteiger partial charge in [-0.15, -0.1) is 0 Å². The summed E-state index contributed by atoms with van der Waals surface area (Å²) in [5.41, 5.74) is 3.54. The summed E-state index contributed by atoms with van der Waals surface area (Å²) in [6.45, 7) is 4.90. The lowest BCUT2D eigenvalue weighted by Gasteiger charge is -2.29. The van der Waals surface area contributed by atoms with Gasteiger partial charge in [0.25, 0.3) is 5.91 Å². The van der Waals surface area contributed by atoms with Crippen LogP contribution >= 0.6 is 23.4 Å². The van der Waals surface area contributed by atoms with E-state index in [1.807, 2.05) is 0 Å². The fraction of sp³-hybridized carbons (Fsp3) is 0.500. The van der Waals surface area contributed by atoms with E-state index in [4.69, 9.17) is 17.4 Å². The molecule has 0 saturated carbocycles. The molecule has 0 aliphatic heterocycles. The summed E-state index contributed by atoms with van der Waals surface area (Å²) in [5, 5.41) is 3.49. The highest BCUT2D eigenvalue weighted by atomic mass is 35.5. The maximum Gasteiger partial charge on any atom is 0.253 e. The van der Waals surface area contributed by atoms with E-state index in [1.54, 1.807) is 30.0 Å². The summed E-state index contributed by atoms with van der Waals surface area (Å²) in [6, 6.07) is 5.00. The Morgan fingerprint density at radius 2 is 2.05 bits per heavy atom. The van der Waals surface area contributed by atoms with Gasteiger partial charge >= 0.3 is 0 Å². The van der Waals surface area contributed by atoms with Gasteiger partial charge in [0.2, 0.25) is 0 Å². The van der Waals surface area contributed by atoms with Crippen molar-refractivity contribution in [1.29, 1.82) is 0 Å². The molecule has 4 nitrogen and oxygen atoms in total. The molecule has 1 aromatic rings. The molecule has 1 rings (SSSR count). The van der Waals surface area contributed by atoms with Gasteiger partial charge in [0, 0.05) is 16.3 Å². The highest BCUT2D eigenvalue weighted by Crippen LogP contribution is 2.29. The fourth-order valence-electron chi connectivity index (χ4n) is 2.03. The van der Waals surface area contributed by atoms with Crippen molar-refractivity contribution in [2.24, 2.45) is 5.84 Å². The molecule has 0 radical (unpaired) electrons. The van der Waals surface area contributed by atoms with Crippen LogP contribution in [-0.4, -0.2) is 23.5 Å². The van der Waals surface area contributed by atoms with Gasteiger partial charge in [0.1, 0.15) is 0 Å². The number of thioether (sulfide) groups is 1. The molecule has 0 bridgehead atoms. The van der Waals surface area contributed by atoms with E-state index >= 15 is 0 Å². The molecule has 0 heterocycles. The zero-order chi connectivity index (χ0) is 15.2. The molecule has 0 unspecified atom stereocenters. The lowest BCUT2D eigenvalue weighted by atomic mass is 10.0. The highest BCUT2D eigenvalue weighted by Gasteiger charge is 2.26. The number of carbonyl (C=O) groups excluding carboxylic acids is 1. The highest BCUT2D eigenvalue weighted by molar-refractivity contribution is 8.00. The summed E-state index contributed by atoms with van der Waals surface area (Å²) < 4.78 is 0.0739. The molecule has 6 heteroatoms. The van der Waals surface area contributed by atoms with Gasteiger partial charge in [0.15, 0.2) is 0 Å². The van der Waals surface area contributed by atoms with Gasteiger partial charge in [-0.05, 0) is 37.3 Å². The number of hydrogen-bond acceptors (Lipinski definition) is 4. The molecule has 20 heavy (non-hydrogen) atoms. The normalized spacial score (nSPS) is 11.2. The third-order valence-electron chi connectivity index (χ3n) is 3.67. The molecule has 0 aromatic heterocycles. The van der Waals surface area contributed by atoms with Gasteiger partial charge in [-0.1, -0.05) is 25.4 Å². The summed E-state index contributed by atoms with van der Waals surface area (Å²) in [5.74, 6) is 5.26. The predicted octanol–water partition coefficient (Wildman–Crippen LogP) is 3.28. The topological polar surface area (TPSA) is 67.2 Å². The van der Waals surface area contributed by atoms with Crippen LogP contribution in [-0.2, 0) is 0 Å². The molecule has 0 saturated heterocycles. The Kier molecular flexibility index (Phi) is 6.65. The minimum atomic E-state index is -0.166. The number of nitrogens with one attached hydrogen (secondary N) is 2. The number of hydrogen-bond donors (Lipinski definition) is 3. The van der Waals surface area contributed by atoms with Crippen LogP contribution in [0.4, 0.5) is 5.69 Å². The van der Waals surface area contributed by atoms with E-state index in [0.29, 0.717) is 22.8 Å². The molecule has 1 amide bonds. The number of benzene rings is 1. The molecule has 4 N–H and O–H groups in total. The lowest BCUT2D eigenvalue weighted by Crippen LogP contribution is -2.39. The number of nitrogens with two attached hydrogens (primary N) is 1. The third kappa shape index (κ3) is 4.04. The van der Waals surface area contributed by atoms with Crippen LogP contribution in [0.5, 0.6) is 0 Å². The molecule has 0 fully saturated rings. The smallest absolute Gasteiger partial charge is 0.253 e. The Labute approximate surface area is 129 Å². The van der Waals surface area contributed by atoms with Crippen molar-refractivity contribution in [3.8, 4) is 0 Å². The SMILES string of the molecule is CCC(CC)(CNC(=O)c1cc(Cl)ccc1NN)SC. The van der Waals surface area contributed by atoms with Gasteiger partial charge in [-0.2, -0.15) is 11.8 Å². The Morgan fingerprint density at radius 3 is 2.55 bits per heavy atom. The van der Waals surface area contributed by atoms with E-state index < -0.39 is 0 Å². The molecule has 1 aromatic carbocycles. The maximum absolute atomic E-state index is 12.3. The molecule has 0 spiro atoms. The van der Waals surface area contributed by atoms with Gasteiger partial charge < -0.3 is 10.7 Å². The summed E-state index contributed by atoms with van der Waals surface area (Å²) in [4.78, 5) is 12.3. The van der Waals surface area contributed by atoms with E-state index in [9.17, 15) is 4.79 Å². The molecular weight excluding hydrogens is 294 g/mol.